The molecule has 4 unspecified atom stereocenters. The van der Waals surface area contributed by atoms with Crippen LogP contribution < -0.4 is 0 Å². The summed E-state index contributed by atoms with van der Waals surface area (Å²) in [6.45, 7) is 6.53. The molecule has 2 saturated carbocycles. The Kier molecular flexibility index (Phi) is 2.13. The third-order valence-corrected chi connectivity index (χ3v) is 4.94. The molecule has 4 atom stereocenters. The molecule has 2 rings (SSSR count). The van der Waals surface area contributed by atoms with E-state index < -0.39 is 5.97 Å². The number of aliphatic carboxylic acids is 1. The molecule has 1 N–H and O–H groups in total. The molecule has 0 aromatic rings. The molecule has 0 aromatic heterocycles. The van der Waals surface area contributed by atoms with Gasteiger partial charge in [0.25, 0.3) is 0 Å². The molecule has 0 saturated heterocycles. The highest BCUT2D eigenvalue weighted by Crippen LogP contribution is 2.61. The van der Waals surface area contributed by atoms with Crippen molar-refractivity contribution >= 4 is 5.97 Å². The number of hydrogen-bond donors (Lipinski definition) is 1. The summed E-state index contributed by atoms with van der Waals surface area (Å²) < 4.78 is 0. The van der Waals surface area contributed by atoms with E-state index in [1.54, 1.807) is 0 Å². The van der Waals surface area contributed by atoms with Crippen LogP contribution in [-0.4, -0.2) is 11.1 Å². The minimum atomic E-state index is -0.613. The fourth-order valence-electron chi connectivity index (χ4n) is 3.84. The van der Waals surface area contributed by atoms with Crippen LogP contribution in [0.25, 0.3) is 0 Å². The first-order valence-electron chi connectivity index (χ1n) is 5.67. The molecule has 0 amide bonds. The Hall–Kier alpha value is -0.530. The number of carboxylic acids is 1. The van der Waals surface area contributed by atoms with Gasteiger partial charge in [-0.3, -0.25) is 4.79 Å². The highest BCUT2D eigenvalue weighted by Gasteiger charge is 2.55. The minimum absolute atomic E-state index is 0.149. The second kappa shape index (κ2) is 2.98. The number of rotatable bonds is 2. The molecule has 2 heteroatoms. The lowest BCUT2D eigenvalue weighted by Crippen LogP contribution is -2.27. The van der Waals surface area contributed by atoms with Crippen molar-refractivity contribution in [2.45, 2.75) is 40.0 Å². The summed E-state index contributed by atoms with van der Waals surface area (Å²) in [4.78, 5) is 11.0. The SMILES string of the molecule is CC(C(=O)O)C1CC2CCC1C2(C)C. The van der Waals surface area contributed by atoms with Crippen LogP contribution in [0.4, 0.5) is 0 Å². The summed E-state index contributed by atoms with van der Waals surface area (Å²) in [5, 5.41) is 9.04. The summed E-state index contributed by atoms with van der Waals surface area (Å²) >= 11 is 0. The average molecular weight is 196 g/mol. The van der Waals surface area contributed by atoms with Gasteiger partial charge in [-0.05, 0) is 42.4 Å². The molecular weight excluding hydrogens is 176 g/mol. The zero-order valence-corrected chi connectivity index (χ0v) is 9.29. The monoisotopic (exact) mass is 196 g/mol. The first kappa shape index (κ1) is 10.0. The van der Waals surface area contributed by atoms with Gasteiger partial charge in [0.2, 0.25) is 0 Å². The quantitative estimate of drug-likeness (QED) is 0.737. The second-order valence-corrected chi connectivity index (χ2v) is 5.73. The molecule has 80 valence electrons. The molecule has 14 heavy (non-hydrogen) atoms. The van der Waals surface area contributed by atoms with Crippen LogP contribution in [0.5, 0.6) is 0 Å². The van der Waals surface area contributed by atoms with Gasteiger partial charge in [0.15, 0.2) is 0 Å². The van der Waals surface area contributed by atoms with Gasteiger partial charge in [-0.25, -0.2) is 0 Å². The Labute approximate surface area is 85.7 Å². The maximum absolute atomic E-state index is 11.0. The van der Waals surface area contributed by atoms with Crippen molar-refractivity contribution in [2.24, 2.45) is 29.1 Å². The summed E-state index contributed by atoms with van der Waals surface area (Å²) in [6.07, 6.45) is 3.71. The molecule has 2 aliphatic rings. The van der Waals surface area contributed by atoms with Gasteiger partial charge in [-0.15, -0.1) is 0 Å². The van der Waals surface area contributed by atoms with Crippen molar-refractivity contribution in [3.63, 3.8) is 0 Å². The van der Waals surface area contributed by atoms with Gasteiger partial charge in [0.05, 0.1) is 5.92 Å². The van der Waals surface area contributed by atoms with E-state index in [-0.39, 0.29) is 5.92 Å². The van der Waals surface area contributed by atoms with E-state index in [1.807, 2.05) is 6.92 Å². The first-order valence-corrected chi connectivity index (χ1v) is 5.67. The van der Waals surface area contributed by atoms with Crippen molar-refractivity contribution < 1.29 is 9.90 Å². The van der Waals surface area contributed by atoms with E-state index in [0.717, 1.165) is 12.3 Å². The fourth-order valence-corrected chi connectivity index (χ4v) is 3.84. The van der Waals surface area contributed by atoms with E-state index in [9.17, 15) is 4.79 Å². The molecule has 0 spiro atoms. The van der Waals surface area contributed by atoms with Crippen molar-refractivity contribution in [2.75, 3.05) is 0 Å². The zero-order chi connectivity index (χ0) is 10.5. The van der Waals surface area contributed by atoms with E-state index in [2.05, 4.69) is 13.8 Å². The lowest BCUT2D eigenvalue weighted by Gasteiger charge is -2.28. The van der Waals surface area contributed by atoms with Crippen molar-refractivity contribution in [1.29, 1.82) is 0 Å². The van der Waals surface area contributed by atoms with E-state index >= 15 is 0 Å². The standard InChI is InChI=1S/C12H20O2/c1-7(11(13)14)9-6-8-4-5-10(9)12(8,2)3/h7-10H,4-6H2,1-3H3,(H,13,14). The van der Waals surface area contributed by atoms with Crippen molar-refractivity contribution in [3.05, 3.63) is 0 Å². The van der Waals surface area contributed by atoms with Gasteiger partial charge in [-0.1, -0.05) is 20.8 Å². The predicted molar refractivity (Wildman–Crippen MR) is 54.9 cm³/mol. The lowest BCUT2D eigenvalue weighted by atomic mass is 9.76. The molecule has 0 radical (unpaired) electrons. The van der Waals surface area contributed by atoms with Crippen molar-refractivity contribution in [3.8, 4) is 0 Å². The molecule has 2 aliphatic carbocycles. The largest absolute Gasteiger partial charge is 0.481 e. The fraction of sp³-hybridized carbons (Fsp3) is 0.917. The predicted octanol–water partition coefficient (Wildman–Crippen LogP) is 2.78. The maximum Gasteiger partial charge on any atom is 0.306 e. The molecule has 0 aliphatic heterocycles. The number of fused-ring (bicyclic) bond motifs is 2. The minimum Gasteiger partial charge on any atom is -0.481 e. The van der Waals surface area contributed by atoms with Gasteiger partial charge >= 0.3 is 5.97 Å². The molecule has 2 bridgehead atoms. The summed E-state index contributed by atoms with van der Waals surface area (Å²) in [6, 6.07) is 0. The Balaban J connectivity index is 2.16. The molecule has 0 heterocycles. The van der Waals surface area contributed by atoms with Crippen LogP contribution in [-0.2, 0) is 4.79 Å². The van der Waals surface area contributed by atoms with Gasteiger partial charge in [-0.2, -0.15) is 0 Å². The molecule has 2 fully saturated rings. The van der Waals surface area contributed by atoms with Gasteiger partial charge in [0, 0.05) is 0 Å². The van der Waals surface area contributed by atoms with Crippen LogP contribution in [0, 0.1) is 29.1 Å². The van der Waals surface area contributed by atoms with E-state index in [4.69, 9.17) is 5.11 Å². The Morgan fingerprint density at radius 3 is 2.43 bits per heavy atom. The highest BCUT2D eigenvalue weighted by atomic mass is 16.4. The van der Waals surface area contributed by atoms with Crippen molar-refractivity contribution in [1.82, 2.24) is 0 Å². The Morgan fingerprint density at radius 2 is 2.07 bits per heavy atom. The average Bonchev–Trinajstić information content (AvgIpc) is 2.53. The Morgan fingerprint density at radius 1 is 1.43 bits per heavy atom. The van der Waals surface area contributed by atoms with E-state index in [1.165, 1.54) is 12.8 Å². The maximum atomic E-state index is 11.0. The molecule has 2 nitrogen and oxygen atoms in total. The zero-order valence-electron chi connectivity index (χ0n) is 9.29. The number of carboxylic acid groups (broad SMARTS) is 1. The third kappa shape index (κ3) is 1.19. The summed E-state index contributed by atoms with van der Waals surface area (Å²) in [5.41, 5.74) is 0.397. The Bertz CT molecular complexity index is 257. The third-order valence-electron chi connectivity index (χ3n) is 4.94. The van der Waals surface area contributed by atoms with Crippen LogP contribution >= 0.6 is 0 Å². The normalized spacial score (nSPS) is 41.2. The topological polar surface area (TPSA) is 37.3 Å². The van der Waals surface area contributed by atoms with E-state index in [0.29, 0.717) is 17.3 Å². The number of carbonyl (C=O) groups is 1. The second-order valence-electron chi connectivity index (χ2n) is 5.73. The molecule has 0 aromatic carbocycles. The summed E-state index contributed by atoms with van der Waals surface area (Å²) in [7, 11) is 0. The highest BCUT2D eigenvalue weighted by molar-refractivity contribution is 5.70. The van der Waals surface area contributed by atoms with Crippen LogP contribution in [0.15, 0.2) is 0 Å². The van der Waals surface area contributed by atoms with Crippen LogP contribution in [0.2, 0.25) is 0 Å². The van der Waals surface area contributed by atoms with Crippen LogP contribution in [0.1, 0.15) is 40.0 Å². The lowest BCUT2D eigenvalue weighted by molar-refractivity contribution is -0.143. The van der Waals surface area contributed by atoms with Gasteiger partial charge < -0.3 is 5.11 Å². The van der Waals surface area contributed by atoms with Gasteiger partial charge in [0.1, 0.15) is 0 Å². The smallest absolute Gasteiger partial charge is 0.306 e. The molecular formula is C12H20O2. The summed E-state index contributed by atoms with van der Waals surface area (Å²) in [5.74, 6) is 1.10. The van der Waals surface area contributed by atoms with Crippen LogP contribution in [0.3, 0.4) is 0 Å². The first-order chi connectivity index (χ1) is 6.44. The number of hydrogen-bond acceptors (Lipinski definition) is 1.